The van der Waals surface area contributed by atoms with Crippen molar-refractivity contribution in [3.8, 4) is 0 Å². The summed E-state index contributed by atoms with van der Waals surface area (Å²) in [7, 11) is 0. The lowest BCUT2D eigenvalue weighted by molar-refractivity contribution is 0.115. The number of ether oxygens (including phenoxy) is 1. The minimum absolute atomic E-state index is 0.0415. The first-order valence-corrected chi connectivity index (χ1v) is 6.78. The minimum atomic E-state index is 0.0415. The molecule has 1 aliphatic rings. The third kappa shape index (κ3) is 3.21. The summed E-state index contributed by atoms with van der Waals surface area (Å²) in [6, 6.07) is 4.15. The second kappa shape index (κ2) is 6.16. The molecule has 100 valence electrons. The number of nitrogens with two attached hydrogens (primary N) is 1. The van der Waals surface area contributed by atoms with Gasteiger partial charge in [-0.2, -0.15) is 0 Å². The van der Waals surface area contributed by atoms with Crippen molar-refractivity contribution >= 4 is 5.82 Å². The Bertz CT molecular complexity index is 358. The van der Waals surface area contributed by atoms with Crippen LogP contribution in [0.5, 0.6) is 0 Å². The van der Waals surface area contributed by atoms with Gasteiger partial charge < -0.3 is 15.4 Å². The minimum Gasteiger partial charge on any atom is -0.376 e. The number of likely N-dealkylation sites (N-methyl/N-ethyl adjacent to an activating group) is 1. The summed E-state index contributed by atoms with van der Waals surface area (Å²) in [4.78, 5) is 6.77. The van der Waals surface area contributed by atoms with E-state index in [0.29, 0.717) is 6.10 Å². The summed E-state index contributed by atoms with van der Waals surface area (Å²) in [6.07, 6.45) is 4.58. The quantitative estimate of drug-likeness (QED) is 0.868. The second-order valence-electron chi connectivity index (χ2n) is 4.91. The van der Waals surface area contributed by atoms with Gasteiger partial charge in [0.25, 0.3) is 0 Å². The molecule has 0 aromatic carbocycles. The van der Waals surface area contributed by atoms with E-state index < -0.39 is 0 Å². The van der Waals surface area contributed by atoms with Crippen molar-refractivity contribution in [1.82, 2.24) is 4.98 Å². The van der Waals surface area contributed by atoms with Crippen molar-refractivity contribution in [3.05, 3.63) is 23.9 Å². The van der Waals surface area contributed by atoms with E-state index in [4.69, 9.17) is 10.5 Å². The fourth-order valence-corrected chi connectivity index (χ4v) is 2.27. The molecule has 2 heterocycles. The van der Waals surface area contributed by atoms with E-state index in [-0.39, 0.29) is 6.04 Å². The largest absolute Gasteiger partial charge is 0.376 e. The molecule has 0 aliphatic carbocycles. The summed E-state index contributed by atoms with van der Waals surface area (Å²) < 4.78 is 5.68. The van der Waals surface area contributed by atoms with Crippen LogP contribution >= 0.6 is 0 Å². The van der Waals surface area contributed by atoms with Gasteiger partial charge in [0, 0.05) is 31.9 Å². The smallest absolute Gasteiger partial charge is 0.128 e. The molecular weight excluding hydrogens is 226 g/mol. The van der Waals surface area contributed by atoms with Crippen molar-refractivity contribution in [1.29, 1.82) is 0 Å². The van der Waals surface area contributed by atoms with Crippen LogP contribution in [0, 0.1) is 0 Å². The number of hydrogen-bond donors (Lipinski definition) is 1. The number of hydrogen-bond acceptors (Lipinski definition) is 4. The lowest BCUT2D eigenvalue weighted by Gasteiger charge is -2.25. The van der Waals surface area contributed by atoms with Gasteiger partial charge in [-0.05, 0) is 38.3 Å². The highest BCUT2D eigenvalue weighted by Crippen LogP contribution is 2.18. The maximum absolute atomic E-state index is 5.83. The summed E-state index contributed by atoms with van der Waals surface area (Å²) in [5.41, 5.74) is 6.91. The number of anilines is 1. The monoisotopic (exact) mass is 249 g/mol. The van der Waals surface area contributed by atoms with Crippen LogP contribution in [0.3, 0.4) is 0 Å². The van der Waals surface area contributed by atoms with E-state index in [1.807, 2.05) is 13.1 Å². The Labute approximate surface area is 109 Å². The van der Waals surface area contributed by atoms with Crippen LogP contribution in [0.4, 0.5) is 5.82 Å². The Kier molecular flexibility index (Phi) is 4.55. The Hall–Kier alpha value is -1.13. The van der Waals surface area contributed by atoms with E-state index >= 15 is 0 Å². The fourth-order valence-electron chi connectivity index (χ4n) is 2.27. The van der Waals surface area contributed by atoms with Crippen LogP contribution in [-0.4, -0.2) is 30.8 Å². The molecule has 1 aromatic rings. The summed E-state index contributed by atoms with van der Waals surface area (Å²) in [6.45, 7) is 6.90. The van der Waals surface area contributed by atoms with Gasteiger partial charge in [0.1, 0.15) is 5.82 Å². The molecule has 2 N–H and O–H groups in total. The average Bonchev–Trinajstić information content (AvgIpc) is 2.89. The first-order chi connectivity index (χ1) is 8.70. The van der Waals surface area contributed by atoms with Gasteiger partial charge in [-0.25, -0.2) is 4.98 Å². The normalized spacial score (nSPS) is 20.9. The SMILES string of the molecule is CCN(CC1CCCO1)c1ccc([C@@H](C)N)cn1. The van der Waals surface area contributed by atoms with Gasteiger partial charge in [-0.3, -0.25) is 0 Å². The lowest BCUT2D eigenvalue weighted by Crippen LogP contribution is -2.32. The number of pyridine rings is 1. The summed E-state index contributed by atoms with van der Waals surface area (Å²) >= 11 is 0. The van der Waals surface area contributed by atoms with Gasteiger partial charge in [-0.15, -0.1) is 0 Å². The zero-order valence-corrected chi connectivity index (χ0v) is 11.3. The molecule has 0 spiro atoms. The molecule has 1 fully saturated rings. The van der Waals surface area contributed by atoms with E-state index in [9.17, 15) is 0 Å². The van der Waals surface area contributed by atoms with Crippen molar-refractivity contribution < 1.29 is 4.74 Å². The summed E-state index contributed by atoms with van der Waals surface area (Å²) in [5.74, 6) is 1.01. The highest BCUT2D eigenvalue weighted by molar-refractivity contribution is 5.39. The predicted molar refractivity (Wildman–Crippen MR) is 73.7 cm³/mol. The van der Waals surface area contributed by atoms with Crippen LogP contribution < -0.4 is 10.6 Å². The van der Waals surface area contributed by atoms with Gasteiger partial charge in [0.2, 0.25) is 0 Å². The zero-order valence-electron chi connectivity index (χ0n) is 11.3. The van der Waals surface area contributed by atoms with Crippen LogP contribution in [0.2, 0.25) is 0 Å². The Balaban J connectivity index is 2.02. The van der Waals surface area contributed by atoms with Gasteiger partial charge >= 0.3 is 0 Å². The molecule has 0 bridgehead atoms. The van der Waals surface area contributed by atoms with Gasteiger partial charge in [0.05, 0.1) is 6.10 Å². The third-order valence-corrected chi connectivity index (χ3v) is 3.45. The van der Waals surface area contributed by atoms with Crippen molar-refractivity contribution in [3.63, 3.8) is 0 Å². The molecule has 0 radical (unpaired) electrons. The first kappa shape index (κ1) is 13.3. The lowest BCUT2D eigenvalue weighted by atomic mass is 10.1. The fraction of sp³-hybridized carbons (Fsp3) is 0.643. The van der Waals surface area contributed by atoms with Gasteiger partial charge in [-0.1, -0.05) is 6.07 Å². The van der Waals surface area contributed by atoms with Crippen LogP contribution in [0.1, 0.15) is 38.3 Å². The molecule has 1 unspecified atom stereocenters. The van der Waals surface area contributed by atoms with E-state index in [2.05, 4.69) is 28.9 Å². The molecule has 2 atom stereocenters. The highest BCUT2D eigenvalue weighted by Gasteiger charge is 2.19. The summed E-state index contributed by atoms with van der Waals surface area (Å²) in [5, 5.41) is 0. The zero-order chi connectivity index (χ0) is 13.0. The van der Waals surface area contributed by atoms with Crippen LogP contribution in [-0.2, 0) is 4.74 Å². The van der Waals surface area contributed by atoms with E-state index in [1.165, 1.54) is 6.42 Å². The predicted octanol–water partition coefficient (Wildman–Crippen LogP) is 2.11. The number of aromatic nitrogens is 1. The molecule has 0 amide bonds. The number of nitrogens with zero attached hydrogens (tertiary/aromatic N) is 2. The molecule has 1 saturated heterocycles. The van der Waals surface area contributed by atoms with Crippen molar-refractivity contribution in [2.24, 2.45) is 5.73 Å². The maximum Gasteiger partial charge on any atom is 0.128 e. The molecular formula is C14H23N3O. The van der Waals surface area contributed by atoms with E-state index in [1.54, 1.807) is 0 Å². The van der Waals surface area contributed by atoms with Crippen molar-refractivity contribution in [2.45, 2.75) is 38.8 Å². The molecule has 2 rings (SSSR count). The second-order valence-corrected chi connectivity index (χ2v) is 4.91. The molecule has 18 heavy (non-hydrogen) atoms. The Morgan fingerprint density at radius 2 is 2.39 bits per heavy atom. The maximum atomic E-state index is 5.83. The topological polar surface area (TPSA) is 51.4 Å². The van der Waals surface area contributed by atoms with Crippen LogP contribution in [0.25, 0.3) is 0 Å². The first-order valence-electron chi connectivity index (χ1n) is 6.78. The molecule has 0 saturated carbocycles. The van der Waals surface area contributed by atoms with Crippen LogP contribution in [0.15, 0.2) is 18.3 Å². The number of rotatable bonds is 5. The van der Waals surface area contributed by atoms with Crippen molar-refractivity contribution in [2.75, 3.05) is 24.6 Å². The van der Waals surface area contributed by atoms with Gasteiger partial charge in [0.15, 0.2) is 0 Å². The third-order valence-electron chi connectivity index (χ3n) is 3.45. The highest BCUT2D eigenvalue weighted by atomic mass is 16.5. The molecule has 4 nitrogen and oxygen atoms in total. The van der Waals surface area contributed by atoms with E-state index in [0.717, 1.165) is 37.5 Å². The average molecular weight is 249 g/mol. The molecule has 1 aliphatic heterocycles. The Morgan fingerprint density at radius 1 is 1.56 bits per heavy atom. The standard InChI is InChI=1S/C14H23N3O/c1-3-17(10-13-5-4-8-18-13)14-7-6-12(9-16-14)11(2)15/h6-7,9,11,13H,3-5,8,10,15H2,1-2H3/t11-,13?/m1/s1. The molecule has 4 heteroatoms. The molecule has 1 aromatic heterocycles. The Morgan fingerprint density at radius 3 is 2.89 bits per heavy atom.